The van der Waals surface area contributed by atoms with Crippen molar-refractivity contribution in [1.82, 2.24) is 10.3 Å². The molecule has 0 aliphatic rings. The van der Waals surface area contributed by atoms with E-state index in [0.717, 1.165) is 17.0 Å². The van der Waals surface area contributed by atoms with Crippen LogP contribution in [-0.2, 0) is 16.6 Å². The van der Waals surface area contributed by atoms with Crippen LogP contribution in [0.3, 0.4) is 0 Å². The third-order valence-electron chi connectivity index (χ3n) is 2.70. The molecule has 2 aromatic rings. The average Bonchev–Trinajstić information content (AvgIpc) is 2.79. The summed E-state index contributed by atoms with van der Waals surface area (Å²) >= 11 is 1.28. The van der Waals surface area contributed by atoms with Crippen LogP contribution < -0.4 is 10.0 Å². The van der Waals surface area contributed by atoms with Gasteiger partial charge in [-0.3, -0.25) is 4.72 Å². The van der Waals surface area contributed by atoms with E-state index in [1.54, 1.807) is 30.5 Å². The number of aryl methyl sites for hydroxylation is 1. The molecule has 0 amide bonds. The van der Waals surface area contributed by atoms with Gasteiger partial charge < -0.3 is 5.32 Å². The molecule has 2 heterocycles. The molecule has 0 saturated heterocycles. The Balaban J connectivity index is 2.21. The van der Waals surface area contributed by atoms with Gasteiger partial charge in [0.05, 0.1) is 0 Å². The van der Waals surface area contributed by atoms with Crippen molar-refractivity contribution >= 4 is 27.2 Å². The van der Waals surface area contributed by atoms with Crippen LogP contribution in [0.4, 0.5) is 5.82 Å². The van der Waals surface area contributed by atoms with E-state index in [1.165, 1.54) is 11.3 Å². The Hall–Kier alpha value is -1.44. The first-order chi connectivity index (χ1) is 9.53. The third kappa shape index (κ3) is 3.56. The van der Waals surface area contributed by atoms with Gasteiger partial charge in [0.2, 0.25) is 0 Å². The molecule has 2 aromatic heterocycles. The highest BCUT2D eigenvalue weighted by molar-refractivity contribution is 7.94. The molecular weight excluding hydrogens is 294 g/mol. The van der Waals surface area contributed by atoms with Gasteiger partial charge in [0.1, 0.15) is 10.0 Å². The molecule has 0 radical (unpaired) electrons. The van der Waals surface area contributed by atoms with Crippen LogP contribution in [0, 0.1) is 6.92 Å². The Bertz CT molecular complexity index is 666. The molecule has 0 spiro atoms. The Labute approximate surface area is 123 Å². The monoisotopic (exact) mass is 311 g/mol. The lowest BCUT2D eigenvalue weighted by molar-refractivity contribution is 0.603. The van der Waals surface area contributed by atoms with Gasteiger partial charge in [-0.15, -0.1) is 11.3 Å². The molecule has 5 nitrogen and oxygen atoms in total. The van der Waals surface area contributed by atoms with Gasteiger partial charge in [0.15, 0.2) is 0 Å². The number of pyridine rings is 1. The first kappa shape index (κ1) is 15.0. The molecule has 0 fully saturated rings. The summed E-state index contributed by atoms with van der Waals surface area (Å²) in [5.74, 6) is 0.326. The summed E-state index contributed by atoms with van der Waals surface area (Å²) in [5.41, 5.74) is 0.984. The van der Waals surface area contributed by atoms with Gasteiger partial charge in [-0.25, -0.2) is 13.4 Å². The molecule has 0 atom stereocenters. The van der Waals surface area contributed by atoms with Crippen LogP contribution in [0.2, 0.25) is 0 Å². The van der Waals surface area contributed by atoms with E-state index in [9.17, 15) is 8.42 Å². The largest absolute Gasteiger partial charge is 0.312 e. The molecule has 0 bridgehead atoms. The predicted octanol–water partition coefficient (Wildman–Crippen LogP) is 2.36. The molecule has 2 rings (SSSR count). The second kappa shape index (κ2) is 6.34. The maximum Gasteiger partial charge on any atom is 0.272 e. The molecule has 7 heteroatoms. The van der Waals surface area contributed by atoms with E-state index >= 15 is 0 Å². The fourth-order valence-electron chi connectivity index (χ4n) is 1.65. The van der Waals surface area contributed by atoms with E-state index in [4.69, 9.17) is 0 Å². The van der Waals surface area contributed by atoms with Crippen molar-refractivity contribution in [2.24, 2.45) is 0 Å². The first-order valence-electron chi connectivity index (χ1n) is 6.27. The van der Waals surface area contributed by atoms with Crippen LogP contribution in [0.15, 0.2) is 34.7 Å². The highest BCUT2D eigenvalue weighted by Crippen LogP contribution is 2.27. The lowest BCUT2D eigenvalue weighted by atomic mass is 10.3. The van der Waals surface area contributed by atoms with Crippen molar-refractivity contribution in [2.75, 3.05) is 11.3 Å². The third-order valence-corrected chi connectivity index (χ3v) is 5.77. The number of anilines is 1. The molecular formula is C13H17N3O2S2. The number of rotatable bonds is 6. The standard InChI is InChI=1S/C13H17N3O2S2/c1-3-14-9-11-10(2)8-13(19-11)20(17,18)16-12-6-4-5-7-15-12/h4-8,14H,3,9H2,1-2H3,(H,15,16). The normalized spacial score (nSPS) is 11.5. The summed E-state index contributed by atoms with van der Waals surface area (Å²) in [4.78, 5) is 5.01. The predicted molar refractivity (Wildman–Crippen MR) is 81.5 cm³/mol. The number of hydrogen-bond donors (Lipinski definition) is 2. The van der Waals surface area contributed by atoms with Crippen LogP contribution in [0.25, 0.3) is 0 Å². The van der Waals surface area contributed by atoms with Gasteiger partial charge in [-0.05, 0) is 37.2 Å². The summed E-state index contributed by atoms with van der Waals surface area (Å²) in [6.45, 7) is 5.48. The summed E-state index contributed by atoms with van der Waals surface area (Å²) in [6.07, 6.45) is 1.55. The molecule has 108 valence electrons. The fourth-order valence-corrected chi connectivity index (χ4v) is 4.21. The quantitative estimate of drug-likeness (QED) is 0.859. The molecule has 20 heavy (non-hydrogen) atoms. The van der Waals surface area contributed by atoms with Gasteiger partial charge >= 0.3 is 0 Å². The molecule has 0 unspecified atom stereocenters. The molecule has 0 aromatic carbocycles. The number of thiophene rings is 1. The van der Waals surface area contributed by atoms with Crippen LogP contribution in [-0.4, -0.2) is 19.9 Å². The van der Waals surface area contributed by atoms with Crippen LogP contribution in [0.5, 0.6) is 0 Å². The second-order valence-corrected chi connectivity index (χ2v) is 7.32. The minimum Gasteiger partial charge on any atom is -0.312 e. The topological polar surface area (TPSA) is 71.1 Å². The zero-order valence-electron chi connectivity index (χ0n) is 11.4. The zero-order valence-corrected chi connectivity index (χ0v) is 13.0. The van der Waals surface area contributed by atoms with E-state index < -0.39 is 10.0 Å². The summed E-state index contributed by atoms with van der Waals surface area (Å²) in [7, 11) is -3.56. The lowest BCUT2D eigenvalue weighted by Gasteiger charge is -2.04. The highest BCUT2D eigenvalue weighted by Gasteiger charge is 2.19. The van der Waals surface area contributed by atoms with E-state index in [0.29, 0.717) is 16.6 Å². The summed E-state index contributed by atoms with van der Waals surface area (Å²) < 4.78 is 27.4. The maximum absolute atomic E-state index is 12.3. The Morgan fingerprint density at radius 1 is 1.35 bits per heavy atom. The van der Waals surface area contributed by atoms with E-state index in [2.05, 4.69) is 15.0 Å². The van der Waals surface area contributed by atoms with Crippen molar-refractivity contribution in [3.63, 3.8) is 0 Å². The van der Waals surface area contributed by atoms with Crippen LogP contribution >= 0.6 is 11.3 Å². The van der Waals surface area contributed by atoms with Gasteiger partial charge in [-0.2, -0.15) is 0 Å². The minimum atomic E-state index is -3.56. The maximum atomic E-state index is 12.3. The second-order valence-electron chi connectivity index (χ2n) is 4.27. The molecule has 2 N–H and O–H groups in total. The summed E-state index contributed by atoms with van der Waals surface area (Å²) in [5, 5.41) is 3.20. The first-order valence-corrected chi connectivity index (χ1v) is 8.57. The summed E-state index contributed by atoms with van der Waals surface area (Å²) in [6, 6.07) is 6.79. The smallest absolute Gasteiger partial charge is 0.272 e. The lowest BCUT2D eigenvalue weighted by Crippen LogP contribution is -2.12. The van der Waals surface area contributed by atoms with Gasteiger partial charge in [-0.1, -0.05) is 13.0 Å². The van der Waals surface area contributed by atoms with E-state index in [-0.39, 0.29) is 0 Å². The minimum absolute atomic E-state index is 0.313. The van der Waals surface area contributed by atoms with Crippen molar-refractivity contribution in [2.45, 2.75) is 24.6 Å². The Morgan fingerprint density at radius 3 is 2.80 bits per heavy atom. The zero-order chi connectivity index (χ0) is 14.6. The number of sulfonamides is 1. The molecule has 0 aliphatic carbocycles. The van der Waals surface area contributed by atoms with Crippen molar-refractivity contribution in [3.05, 3.63) is 40.9 Å². The Kier molecular flexibility index (Phi) is 4.74. The SMILES string of the molecule is CCNCc1sc(S(=O)(=O)Nc2ccccn2)cc1C. The van der Waals surface area contributed by atoms with Crippen molar-refractivity contribution in [3.8, 4) is 0 Å². The highest BCUT2D eigenvalue weighted by atomic mass is 32.2. The number of aromatic nitrogens is 1. The number of hydrogen-bond acceptors (Lipinski definition) is 5. The van der Waals surface area contributed by atoms with Gasteiger partial charge in [0.25, 0.3) is 10.0 Å². The average molecular weight is 311 g/mol. The number of nitrogens with one attached hydrogen (secondary N) is 2. The van der Waals surface area contributed by atoms with Crippen LogP contribution in [0.1, 0.15) is 17.4 Å². The molecule has 0 saturated carbocycles. The Morgan fingerprint density at radius 2 is 2.15 bits per heavy atom. The molecule has 0 aliphatic heterocycles. The van der Waals surface area contributed by atoms with E-state index in [1.807, 2.05) is 13.8 Å². The number of nitrogens with zero attached hydrogens (tertiary/aromatic N) is 1. The fraction of sp³-hybridized carbons (Fsp3) is 0.308. The van der Waals surface area contributed by atoms with Gasteiger partial charge in [0, 0.05) is 17.6 Å². The van der Waals surface area contributed by atoms with Crippen molar-refractivity contribution < 1.29 is 8.42 Å². The van der Waals surface area contributed by atoms with Crippen molar-refractivity contribution in [1.29, 1.82) is 0 Å².